The van der Waals surface area contributed by atoms with Gasteiger partial charge in [-0.25, -0.2) is 0 Å². The Balaban J connectivity index is 1.86. The third-order valence-electron chi connectivity index (χ3n) is 4.20. The standard InChI is InChI=1S/C20H21NO6/c1-24-16-10-14(11-17-19(16)27-9-8-26-17)20(23)21-15(12-18(22)25-2)13-6-4-3-5-7-13/h3-7,10-11,15H,8-9,12H2,1-2H3,(H,21,23)/t15-/m0/s1. The van der Waals surface area contributed by atoms with Gasteiger partial charge in [0.15, 0.2) is 11.5 Å². The molecule has 0 saturated heterocycles. The van der Waals surface area contributed by atoms with Gasteiger partial charge < -0.3 is 24.3 Å². The van der Waals surface area contributed by atoms with Gasteiger partial charge in [-0.15, -0.1) is 0 Å². The molecule has 2 aromatic rings. The molecular weight excluding hydrogens is 350 g/mol. The number of carbonyl (C=O) groups excluding carboxylic acids is 2. The van der Waals surface area contributed by atoms with Crippen LogP contribution in [-0.2, 0) is 9.53 Å². The van der Waals surface area contributed by atoms with Crippen molar-refractivity contribution in [1.29, 1.82) is 0 Å². The molecule has 1 aliphatic rings. The van der Waals surface area contributed by atoms with Crippen molar-refractivity contribution in [2.75, 3.05) is 27.4 Å². The van der Waals surface area contributed by atoms with Crippen LogP contribution in [0.15, 0.2) is 42.5 Å². The number of carbonyl (C=O) groups is 2. The molecule has 1 amide bonds. The molecule has 0 spiro atoms. The van der Waals surface area contributed by atoms with Crippen LogP contribution in [0.3, 0.4) is 0 Å². The molecule has 2 aromatic carbocycles. The van der Waals surface area contributed by atoms with Crippen molar-refractivity contribution in [3.8, 4) is 17.2 Å². The van der Waals surface area contributed by atoms with Gasteiger partial charge in [-0.1, -0.05) is 30.3 Å². The maximum atomic E-state index is 12.8. The maximum Gasteiger partial charge on any atom is 0.307 e. The third kappa shape index (κ3) is 4.31. The number of methoxy groups -OCH3 is 2. The van der Waals surface area contributed by atoms with Crippen LogP contribution in [0.4, 0.5) is 0 Å². The van der Waals surface area contributed by atoms with E-state index in [-0.39, 0.29) is 12.3 Å². The number of fused-ring (bicyclic) bond motifs is 1. The van der Waals surface area contributed by atoms with E-state index in [0.29, 0.717) is 36.0 Å². The van der Waals surface area contributed by atoms with E-state index in [4.69, 9.17) is 18.9 Å². The minimum Gasteiger partial charge on any atom is -0.493 e. The highest BCUT2D eigenvalue weighted by Crippen LogP contribution is 2.40. The van der Waals surface area contributed by atoms with Crippen molar-refractivity contribution in [2.45, 2.75) is 12.5 Å². The minimum absolute atomic E-state index is 0.0218. The van der Waals surface area contributed by atoms with Crippen LogP contribution in [0.1, 0.15) is 28.4 Å². The summed E-state index contributed by atoms with van der Waals surface area (Å²) < 4.78 is 21.2. The second-order valence-corrected chi connectivity index (χ2v) is 5.92. The molecule has 1 atom stereocenters. The van der Waals surface area contributed by atoms with Crippen molar-refractivity contribution in [2.24, 2.45) is 0 Å². The first kappa shape index (κ1) is 18.6. The van der Waals surface area contributed by atoms with Gasteiger partial charge in [-0.05, 0) is 17.7 Å². The van der Waals surface area contributed by atoms with Crippen LogP contribution in [0, 0.1) is 0 Å². The fourth-order valence-electron chi connectivity index (χ4n) is 2.83. The van der Waals surface area contributed by atoms with Gasteiger partial charge in [0, 0.05) is 5.56 Å². The molecule has 0 unspecified atom stereocenters. The van der Waals surface area contributed by atoms with Crippen molar-refractivity contribution >= 4 is 11.9 Å². The van der Waals surface area contributed by atoms with Crippen LogP contribution in [0.2, 0.25) is 0 Å². The Morgan fingerprint density at radius 1 is 1.11 bits per heavy atom. The van der Waals surface area contributed by atoms with Crippen LogP contribution >= 0.6 is 0 Å². The largest absolute Gasteiger partial charge is 0.493 e. The van der Waals surface area contributed by atoms with Crippen molar-refractivity contribution < 1.29 is 28.5 Å². The molecule has 0 fully saturated rings. The van der Waals surface area contributed by atoms with Crippen LogP contribution in [0.25, 0.3) is 0 Å². The van der Waals surface area contributed by atoms with Crippen LogP contribution in [0.5, 0.6) is 17.2 Å². The smallest absolute Gasteiger partial charge is 0.307 e. The fourth-order valence-corrected chi connectivity index (χ4v) is 2.83. The summed E-state index contributed by atoms with van der Waals surface area (Å²) in [5, 5.41) is 2.88. The first-order valence-electron chi connectivity index (χ1n) is 8.52. The maximum absolute atomic E-state index is 12.8. The summed E-state index contributed by atoms with van der Waals surface area (Å²) in [4.78, 5) is 24.6. The Labute approximate surface area is 157 Å². The van der Waals surface area contributed by atoms with Crippen molar-refractivity contribution in [3.05, 3.63) is 53.6 Å². The number of amides is 1. The summed E-state index contributed by atoms with van der Waals surface area (Å²) in [7, 11) is 2.82. The fraction of sp³-hybridized carbons (Fsp3) is 0.300. The summed E-state index contributed by atoms with van der Waals surface area (Å²) in [5.41, 5.74) is 1.16. The first-order chi connectivity index (χ1) is 13.1. The van der Waals surface area contributed by atoms with Gasteiger partial charge in [0.25, 0.3) is 5.91 Å². The number of benzene rings is 2. The summed E-state index contributed by atoms with van der Waals surface area (Å²) in [6, 6.07) is 11.9. The van der Waals surface area contributed by atoms with E-state index in [1.165, 1.54) is 14.2 Å². The quantitative estimate of drug-likeness (QED) is 0.786. The highest BCUT2D eigenvalue weighted by Gasteiger charge is 2.24. The highest BCUT2D eigenvalue weighted by molar-refractivity contribution is 5.96. The molecule has 1 aliphatic heterocycles. The average Bonchev–Trinajstić information content (AvgIpc) is 2.72. The zero-order valence-electron chi connectivity index (χ0n) is 15.2. The van der Waals surface area contributed by atoms with Crippen LogP contribution in [-0.4, -0.2) is 39.3 Å². The molecule has 0 aliphatic carbocycles. The van der Waals surface area contributed by atoms with E-state index in [2.05, 4.69) is 5.32 Å². The summed E-state index contributed by atoms with van der Waals surface area (Å²) in [5.74, 6) is 0.581. The molecule has 0 aromatic heterocycles. The van der Waals surface area contributed by atoms with Crippen molar-refractivity contribution in [1.82, 2.24) is 5.32 Å². The van der Waals surface area contributed by atoms with Gasteiger partial charge in [0.05, 0.1) is 26.7 Å². The summed E-state index contributed by atoms with van der Waals surface area (Å²) >= 11 is 0. The molecule has 7 nitrogen and oxygen atoms in total. The van der Waals surface area contributed by atoms with Gasteiger partial charge in [-0.2, -0.15) is 0 Å². The van der Waals surface area contributed by atoms with Crippen molar-refractivity contribution in [3.63, 3.8) is 0 Å². The topological polar surface area (TPSA) is 83.1 Å². The molecule has 3 rings (SSSR count). The Morgan fingerprint density at radius 3 is 2.56 bits per heavy atom. The zero-order valence-corrected chi connectivity index (χ0v) is 15.2. The normalized spacial score (nSPS) is 13.4. The SMILES string of the molecule is COC(=O)C[C@H](NC(=O)c1cc(OC)c2c(c1)OCCO2)c1ccccc1. The third-order valence-corrected chi connectivity index (χ3v) is 4.20. The molecule has 0 bridgehead atoms. The lowest BCUT2D eigenvalue weighted by atomic mass is 10.0. The van der Waals surface area contributed by atoms with E-state index in [1.807, 2.05) is 30.3 Å². The number of nitrogens with one attached hydrogen (secondary N) is 1. The zero-order chi connectivity index (χ0) is 19.2. The molecule has 0 saturated carbocycles. The second kappa shape index (κ2) is 8.44. The molecule has 1 N–H and O–H groups in total. The summed E-state index contributed by atoms with van der Waals surface area (Å²) in [6.07, 6.45) is 0.0218. The van der Waals surface area contributed by atoms with Crippen LogP contribution < -0.4 is 19.5 Å². The Kier molecular flexibility index (Phi) is 5.80. The Hall–Kier alpha value is -3.22. The van der Waals surface area contributed by atoms with Gasteiger partial charge >= 0.3 is 5.97 Å². The molecule has 27 heavy (non-hydrogen) atoms. The molecule has 7 heteroatoms. The van der Waals surface area contributed by atoms with E-state index >= 15 is 0 Å². The second-order valence-electron chi connectivity index (χ2n) is 5.92. The number of hydrogen-bond donors (Lipinski definition) is 1. The lowest BCUT2D eigenvalue weighted by molar-refractivity contribution is -0.141. The predicted molar refractivity (Wildman–Crippen MR) is 97.3 cm³/mol. The predicted octanol–water partition coefficient (Wildman–Crippen LogP) is 2.50. The number of esters is 1. The summed E-state index contributed by atoms with van der Waals surface area (Å²) in [6.45, 7) is 0.820. The lowest BCUT2D eigenvalue weighted by Crippen LogP contribution is -2.30. The number of rotatable bonds is 6. The first-order valence-corrected chi connectivity index (χ1v) is 8.52. The molecule has 142 valence electrons. The lowest BCUT2D eigenvalue weighted by Gasteiger charge is -2.22. The van der Waals surface area contributed by atoms with E-state index in [0.717, 1.165) is 5.56 Å². The highest BCUT2D eigenvalue weighted by atomic mass is 16.6. The van der Waals surface area contributed by atoms with E-state index in [1.54, 1.807) is 12.1 Å². The monoisotopic (exact) mass is 371 g/mol. The van der Waals surface area contributed by atoms with Gasteiger partial charge in [0.2, 0.25) is 5.75 Å². The Bertz CT molecular complexity index is 803. The Morgan fingerprint density at radius 2 is 1.85 bits per heavy atom. The van der Waals surface area contributed by atoms with E-state index in [9.17, 15) is 9.59 Å². The molecular formula is C20H21NO6. The number of ether oxygens (including phenoxy) is 4. The van der Waals surface area contributed by atoms with Gasteiger partial charge in [-0.3, -0.25) is 9.59 Å². The average molecular weight is 371 g/mol. The number of hydrogen-bond acceptors (Lipinski definition) is 6. The van der Waals surface area contributed by atoms with Gasteiger partial charge in [0.1, 0.15) is 13.2 Å². The minimum atomic E-state index is -0.523. The molecule has 1 heterocycles. The molecule has 0 radical (unpaired) electrons. The van der Waals surface area contributed by atoms with E-state index < -0.39 is 12.0 Å².